The lowest BCUT2D eigenvalue weighted by Crippen LogP contribution is -2.30. The molecule has 0 aliphatic heterocycles. The highest BCUT2D eigenvalue weighted by Gasteiger charge is 2.34. The molecule has 0 unspecified atom stereocenters. The van der Waals surface area contributed by atoms with Gasteiger partial charge in [-0.25, -0.2) is 14.8 Å². The summed E-state index contributed by atoms with van der Waals surface area (Å²) in [5, 5.41) is 20.5. The number of carboxylic acids is 1. The Morgan fingerprint density at radius 1 is 1.25 bits per heavy atom. The zero-order valence-corrected chi connectivity index (χ0v) is 17.1. The quantitative estimate of drug-likeness (QED) is 0.342. The van der Waals surface area contributed by atoms with E-state index in [9.17, 15) is 14.7 Å². The normalized spacial score (nSPS) is 13.3. The van der Waals surface area contributed by atoms with E-state index in [0.29, 0.717) is 21.5 Å². The van der Waals surface area contributed by atoms with Crippen molar-refractivity contribution in [1.29, 1.82) is 0 Å². The maximum atomic E-state index is 12.6. The Morgan fingerprint density at radius 2 is 2.00 bits per heavy atom. The highest BCUT2D eigenvalue weighted by Crippen LogP contribution is 2.34. The van der Waals surface area contributed by atoms with E-state index >= 15 is 0 Å². The van der Waals surface area contributed by atoms with Gasteiger partial charge in [-0.2, -0.15) is 0 Å². The summed E-state index contributed by atoms with van der Waals surface area (Å²) in [4.78, 5) is 33.2. The van der Waals surface area contributed by atoms with E-state index in [-0.39, 0.29) is 16.4 Å². The van der Waals surface area contributed by atoms with E-state index in [4.69, 9.17) is 9.84 Å². The lowest BCUT2D eigenvalue weighted by molar-refractivity contribution is -0.157. The van der Waals surface area contributed by atoms with Crippen molar-refractivity contribution in [3.8, 4) is 5.75 Å². The standard InChI is InChI=1S/C19H18N2O5S2/c1-10-20-11-5-4-6-13(26-3)16(11)17(21-10)27-9-12(22)14-7-8-15(28-14)19(2,25)18(23)24/h4-8,25H,9H2,1-3H3,(H,23,24)/t19-/m1/s1. The molecule has 2 aromatic heterocycles. The highest BCUT2D eigenvalue weighted by atomic mass is 32.2. The lowest BCUT2D eigenvalue weighted by Gasteiger charge is -2.15. The number of hydrogen-bond donors (Lipinski definition) is 2. The number of aryl methyl sites for hydroxylation is 1. The van der Waals surface area contributed by atoms with Crippen LogP contribution in [0.2, 0.25) is 0 Å². The second kappa shape index (κ2) is 7.86. The second-order valence-corrected chi connectivity index (χ2v) is 8.23. The molecule has 0 radical (unpaired) electrons. The number of methoxy groups -OCH3 is 1. The summed E-state index contributed by atoms with van der Waals surface area (Å²) in [6.45, 7) is 2.97. The molecule has 0 spiro atoms. The van der Waals surface area contributed by atoms with Crippen LogP contribution in [0.15, 0.2) is 35.4 Å². The molecule has 0 aliphatic carbocycles. The van der Waals surface area contributed by atoms with Crippen LogP contribution in [-0.2, 0) is 10.4 Å². The minimum absolute atomic E-state index is 0.110. The average molecular weight is 418 g/mol. The summed E-state index contributed by atoms with van der Waals surface area (Å²) in [5.41, 5.74) is -1.29. The number of hydrogen-bond acceptors (Lipinski definition) is 8. The zero-order chi connectivity index (χ0) is 20.5. The first kappa shape index (κ1) is 20.2. The van der Waals surface area contributed by atoms with Crippen LogP contribution < -0.4 is 4.74 Å². The molecule has 1 atom stereocenters. The number of thiophene rings is 1. The van der Waals surface area contributed by atoms with Crippen molar-refractivity contribution in [2.75, 3.05) is 12.9 Å². The third-order valence-corrected chi connectivity index (χ3v) is 6.41. The van der Waals surface area contributed by atoms with Gasteiger partial charge in [-0.15, -0.1) is 11.3 Å². The summed E-state index contributed by atoms with van der Waals surface area (Å²) in [6.07, 6.45) is 0. The van der Waals surface area contributed by atoms with Crippen LogP contribution >= 0.6 is 23.1 Å². The lowest BCUT2D eigenvalue weighted by atomic mass is 10.1. The predicted molar refractivity (Wildman–Crippen MR) is 107 cm³/mol. The van der Waals surface area contributed by atoms with Gasteiger partial charge in [-0.3, -0.25) is 4.79 Å². The number of fused-ring (bicyclic) bond motifs is 1. The van der Waals surface area contributed by atoms with Crippen LogP contribution in [0.1, 0.15) is 27.3 Å². The maximum absolute atomic E-state index is 12.6. The Kier molecular flexibility index (Phi) is 5.69. The number of ketones is 1. The molecule has 3 rings (SSSR count). The van der Waals surface area contributed by atoms with E-state index in [1.54, 1.807) is 14.0 Å². The minimum atomic E-state index is -2.02. The van der Waals surface area contributed by atoms with Crippen LogP contribution in [-0.4, -0.2) is 44.8 Å². The van der Waals surface area contributed by atoms with E-state index in [2.05, 4.69) is 9.97 Å². The van der Waals surface area contributed by atoms with Crippen LogP contribution in [0.25, 0.3) is 10.9 Å². The van der Waals surface area contributed by atoms with Gasteiger partial charge >= 0.3 is 5.97 Å². The first-order valence-electron chi connectivity index (χ1n) is 8.27. The molecule has 0 saturated heterocycles. The molecule has 9 heteroatoms. The maximum Gasteiger partial charge on any atom is 0.340 e. The van der Waals surface area contributed by atoms with Crippen molar-refractivity contribution < 1.29 is 24.5 Å². The van der Waals surface area contributed by atoms with Gasteiger partial charge < -0.3 is 14.9 Å². The summed E-state index contributed by atoms with van der Waals surface area (Å²) in [6, 6.07) is 8.51. The highest BCUT2D eigenvalue weighted by molar-refractivity contribution is 8.00. The van der Waals surface area contributed by atoms with E-state index in [0.717, 1.165) is 22.2 Å². The van der Waals surface area contributed by atoms with Gasteiger partial charge in [0.05, 0.1) is 28.6 Å². The molecule has 146 valence electrons. The molecular weight excluding hydrogens is 400 g/mol. The largest absolute Gasteiger partial charge is 0.496 e. The van der Waals surface area contributed by atoms with Gasteiger partial charge in [-0.1, -0.05) is 17.8 Å². The van der Waals surface area contributed by atoms with Gasteiger partial charge in [-0.05, 0) is 38.1 Å². The number of aliphatic carboxylic acids is 1. The van der Waals surface area contributed by atoms with Crippen molar-refractivity contribution >= 4 is 45.8 Å². The van der Waals surface area contributed by atoms with Crippen LogP contribution in [0, 0.1) is 6.92 Å². The number of aromatic nitrogens is 2. The molecule has 0 aliphatic rings. The number of rotatable bonds is 7. The van der Waals surface area contributed by atoms with E-state index in [1.165, 1.54) is 30.8 Å². The molecule has 28 heavy (non-hydrogen) atoms. The second-order valence-electron chi connectivity index (χ2n) is 6.18. The number of Topliss-reactive ketones (excluding diaryl/α,β-unsaturated/α-hetero) is 1. The van der Waals surface area contributed by atoms with Crippen molar-refractivity contribution in [1.82, 2.24) is 9.97 Å². The number of benzene rings is 1. The summed E-state index contributed by atoms with van der Waals surface area (Å²) < 4.78 is 5.40. The Morgan fingerprint density at radius 3 is 2.68 bits per heavy atom. The Balaban J connectivity index is 1.84. The summed E-state index contributed by atoms with van der Waals surface area (Å²) >= 11 is 2.24. The van der Waals surface area contributed by atoms with Crippen LogP contribution in [0.3, 0.4) is 0 Å². The Labute approximate surface area is 169 Å². The van der Waals surface area contributed by atoms with Gasteiger partial charge in [0.15, 0.2) is 11.4 Å². The zero-order valence-electron chi connectivity index (χ0n) is 15.4. The molecule has 0 saturated carbocycles. The number of aliphatic hydroxyl groups is 1. The average Bonchev–Trinajstić information content (AvgIpc) is 3.16. The molecule has 7 nitrogen and oxygen atoms in total. The molecule has 0 fully saturated rings. The SMILES string of the molecule is COc1cccc2nc(C)nc(SCC(=O)c3ccc([C@@](C)(O)C(=O)O)s3)c12. The first-order chi connectivity index (χ1) is 13.2. The summed E-state index contributed by atoms with van der Waals surface area (Å²) in [7, 11) is 1.57. The fraction of sp³-hybridized carbons (Fsp3) is 0.263. The molecule has 3 aromatic rings. The minimum Gasteiger partial charge on any atom is -0.496 e. The fourth-order valence-corrected chi connectivity index (χ4v) is 4.61. The number of carbonyl (C=O) groups is 2. The monoisotopic (exact) mass is 418 g/mol. The third-order valence-electron chi connectivity index (χ3n) is 4.10. The van der Waals surface area contributed by atoms with Crippen LogP contribution in [0.4, 0.5) is 0 Å². The number of carbonyl (C=O) groups excluding carboxylic acids is 1. The smallest absolute Gasteiger partial charge is 0.340 e. The summed E-state index contributed by atoms with van der Waals surface area (Å²) in [5.74, 6) is -0.215. The van der Waals surface area contributed by atoms with Crippen molar-refractivity contribution in [3.05, 3.63) is 45.9 Å². The van der Waals surface area contributed by atoms with Crippen LogP contribution in [0.5, 0.6) is 5.75 Å². The third kappa shape index (κ3) is 3.87. The molecule has 2 N–H and O–H groups in total. The molecule has 0 amide bonds. The number of ether oxygens (including phenoxy) is 1. The molecule has 1 aromatic carbocycles. The number of thioether (sulfide) groups is 1. The molecule has 2 heterocycles. The fourth-order valence-electron chi connectivity index (χ4n) is 2.56. The van der Waals surface area contributed by atoms with Crippen molar-refractivity contribution in [2.24, 2.45) is 0 Å². The van der Waals surface area contributed by atoms with E-state index < -0.39 is 11.6 Å². The van der Waals surface area contributed by atoms with Crippen molar-refractivity contribution in [3.63, 3.8) is 0 Å². The topological polar surface area (TPSA) is 110 Å². The van der Waals surface area contributed by atoms with Gasteiger partial charge in [0, 0.05) is 4.88 Å². The Hall–Kier alpha value is -2.49. The molecular formula is C19H18N2O5S2. The van der Waals surface area contributed by atoms with Gasteiger partial charge in [0.25, 0.3) is 0 Å². The molecule has 0 bridgehead atoms. The predicted octanol–water partition coefficient (Wildman–Crippen LogP) is 3.28. The van der Waals surface area contributed by atoms with Gasteiger partial charge in [0.1, 0.15) is 16.6 Å². The van der Waals surface area contributed by atoms with Gasteiger partial charge in [0.2, 0.25) is 0 Å². The first-order valence-corrected chi connectivity index (χ1v) is 10.1. The van der Waals surface area contributed by atoms with E-state index in [1.807, 2.05) is 18.2 Å². The number of nitrogens with zero attached hydrogens (tertiary/aromatic N) is 2. The number of carboxylic acid groups (broad SMARTS) is 1. The van der Waals surface area contributed by atoms with Crippen molar-refractivity contribution in [2.45, 2.75) is 24.5 Å². The Bertz CT molecular complexity index is 1060.